The van der Waals surface area contributed by atoms with Crippen LogP contribution < -0.4 is 5.32 Å². The van der Waals surface area contributed by atoms with E-state index in [-0.39, 0.29) is 24.4 Å². The van der Waals surface area contributed by atoms with Crippen LogP contribution in [-0.4, -0.2) is 44.1 Å². The first-order valence-electron chi connectivity index (χ1n) is 7.35. The zero-order chi connectivity index (χ0) is 15.6. The molecule has 0 radical (unpaired) electrons. The van der Waals surface area contributed by atoms with Crippen LogP contribution in [0.2, 0.25) is 0 Å². The third-order valence-electron chi connectivity index (χ3n) is 3.46. The predicted octanol–water partition coefficient (Wildman–Crippen LogP) is 0.732. The first-order chi connectivity index (χ1) is 9.88. The zero-order valence-corrected chi connectivity index (χ0v) is 13.0. The molecular weight excluding hydrogens is 270 g/mol. The Hall–Kier alpha value is -1.92. The Morgan fingerprint density at radius 3 is 2.67 bits per heavy atom. The molecule has 1 aliphatic rings. The maximum Gasteiger partial charge on any atom is 0.246 e. The van der Waals surface area contributed by atoms with Crippen LogP contribution in [0, 0.1) is 5.92 Å². The van der Waals surface area contributed by atoms with Crippen molar-refractivity contribution in [3.63, 3.8) is 0 Å². The van der Waals surface area contributed by atoms with Crippen molar-refractivity contribution in [3.8, 4) is 0 Å². The number of rotatable bonds is 5. The third-order valence-corrected chi connectivity index (χ3v) is 3.46. The molecule has 0 spiro atoms. The SMILES string of the molecule is CC(C)CC1NC(=O)CN(Cc2ncnn2C(C)C)C1=O. The normalized spacial score (nSPS) is 19.5. The van der Waals surface area contributed by atoms with Crippen molar-refractivity contribution in [1.82, 2.24) is 25.0 Å². The highest BCUT2D eigenvalue weighted by molar-refractivity contribution is 5.94. The first-order valence-corrected chi connectivity index (χ1v) is 7.35. The molecular formula is C14H23N5O2. The lowest BCUT2D eigenvalue weighted by atomic mass is 10.0. The Kier molecular flexibility index (Phi) is 4.59. The molecule has 21 heavy (non-hydrogen) atoms. The minimum atomic E-state index is -0.429. The minimum absolute atomic E-state index is 0.0402. The highest BCUT2D eigenvalue weighted by atomic mass is 16.2. The van der Waals surface area contributed by atoms with Gasteiger partial charge in [0, 0.05) is 6.04 Å². The van der Waals surface area contributed by atoms with Gasteiger partial charge in [0.2, 0.25) is 11.8 Å². The first kappa shape index (κ1) is 15.5. The second kappa shape index (κ2) is 6.24. The van der Waals surface area contributed by atoms with Crippen molar-refractivity contribution in [2.24, 2.45) is 5.92 Å². The van der Waals surface area contributed by atoms with Gasteiger partial charge in [-0.3, -0.25) is 9.59 Å². The highest BCUT2D eigenvalue weighted by Crippen LogP contribution is 2.15. The summed E-state index contributed by atoms with van der Waals surface area (Å²) in [5.41, 5.74) is 0. The van der Waals surface area contributed by atoms with Gasteiger partial charge in [-0.05, 0) is 26.2 Å². The Balaban J connectivity index is 2.12. The van der Waals surface area contributed by atoms with Crippen LogP contribution in [-0.2, 0) is 16.1 Å². The number of hydrogen-bond donors (Lipinski definition) is 1. The molecule has 1 N–H and O–H groups in total. The molecule has 1 unspecified atom stereocenters. The van der Waals surface area contributed by atoms with E-state index in [1.165, 1.54) is 6.33 Å². The van der Waals surface area contributed by atoms with Gasteiger partial charge >= 0.3 is 0 Å². The van der Waals surface area contributed by atoms with Gasteiger partial charge < -0.3 is 10.2 Å². The van der Waals surface area contributed by atoms with E-state index >= 15 is 0 Å². The van der Waals surface area contributed by atoms with Gasteiger partial charge in [0.05, 0.1) is 6.54 Å². The summed E-state index contributed by atoms with van der Waals surface area (Å²) in [6.07, 6.45) is 2.13. The van der Waals surface area contributed by atoms with Gasteiger partial charge in [-0.15, -0.1) is 0 Å². The van der Waals surface area contributed by atoms with Gasteiger partial charge in [-0.25, -0.2) is 9.67 Å². The van der Waals surface area contributed by atoms with E-state index in [0.717, 1.165) is 0 Å². The van der Waals surface area contributed by atoms with E-state index < -0.39 is 6.04 Å². The fourth-order valence-corrected chi connectivity index (χ4v) is 2.53. The topological polar surface area (TPSA) is 80.1 Å². The number of aromatic nitrogens is 3. The molecule has 2 heterocycles. The Morgan fingerprint density at radius 2 is 2.05 bits per heavy atom. The largest absolute Gasteiger partial charge is 0.343 e. The van der Waals surface area contributed by atoms with E-state index in [9.17, 15) is 9.59 Å². The summed E-state index contributed by atoms with van der Waals surface area (Å²) < 4.78 is 1.78. The standard InChI is InChI=1S/C14H23N5O2/c1-9(2)5-11-14(21)18(7-13(20)17-11)6-12-15-8-16-19(12)10(3)4/h8-11H,5-7H2,1-4H3,(H,17,20). The maximum atomic E-state index is 12.5. The Labute approximate surface area is 124 Å². The van der Waals surface area contributed by atoms with E-state index in [2.05, 4.69) is 15.4 Å². The van der Waals surface area contributed by atoms with Gasteiger partial charge in [0.15, 0.2) is 0 Å². The molecule has 2 rings (SSSR count). The zero-order valence-electron chi connectivity index (χ0n) is 13.0. The average Bonchev–Trinajstić information content (AvgIpc) is 2.82. The van der Waals surface area contributed by atoms with Crippen LogP contribution >= 0.6 is 0 Å². The molecule has 1 fully saturated rings. The summed E-state index contributed by atoms with van der Waals surface area (Å²) in [6.45, 7) is 8.48. The van der Waals surface area contributed by atoms with E-state index in [0.29, 0.717) is 24.7 Å². The Bertz CT molecular complexity index is 523. The molecule has 1 saturated heterocycles. The second-order valence-corrected chi connectivity index (χ2v) is 6.16. The lowest BCUT2D eigenvalue weighted by Gasteiger charge is -2.33. The molecule has 7 heteroatoms. The molecule has 0 bridgehead atoms. The molecule has 0 aromatic carbocycles. The number of piperazine rings is 1. The van der Waals surface area contributed by atoms with Crippen molar-refractivity contribution in [3.05, 3.63) is 12.2 Å². The summed E-state index contributed by atoms with van der Waals surface area (Å²) in [6, 6.07) is -0.260. The van der Waals surface area contributed by atoms with Crippen molar-refractivity contribution in [2.45, 2.75) is 52.7 Å². The van der Waals surface area contributed by atoms with Crippen molar-refractivity contribution >= 4 is 11.8 Å². The van der Waals surface area contributed by atoms with Gasteiger partial charge in [0.25, 0.3) is 0 Å². The summed E-state index contributed by atoms with van der Waals surface area (Å²) in [5, 5.41) is 6.93. The molecule has 1 atom stereocenters. The molecule has 0 aliphatic carbocycles. The lowest BCUT2D eigenvalue weighted by Crippen LogP contribution is -2.58. The fraction of sp³-hybridized carbons (Fsp3) is 0.714. The number of nitrogens with zero attached hydrogens (tertiary/aromatic N) is 4. The van der Waals surface area contributed by atoms with Crippen molar-refractivity contribution < 1.29 is 9.59 Å². The van der Waals surface area contributed by atoms with Crippen LogP contribution in [0.15, 0.2) is 6.33 Å². The molecule has 116 valence electrons. The number of nitrogens with one attached hydrogen (secondary N) is 1. The molecule has 0 saturated carbocycles. The van der Waals surface area contributed by atoms with Crippen LogP contribution in [0.5, 0.6) is 0 Å². The fourth-order valence-electron chi connectivity index (χ4n) is 2.53. The van der Waals surface area contributed by atoms with Crippen molar-refractivity contribution in [2.75, 3.05) is 6.54 Å². The molecule has 7 nitrogen and oxygen atoms in total. The number of carbonyl (C=O) groups excluding carboxylic acids is 2. The second-order valence-electron chi connectivity index (χ2n) is 6.16. The highest BCUT2D eigenvalue weighted by Gasteiger charge is 2.33. The predicted molar refractivity (Wildman–Crippen MR) is 77.2 cm³/mol. The average molecular weight is 293 g/mol. The number of carbonyl (C=O) groups is 2. The smallest absolute Gasteiger partial charge is 0.246 e. The van der Waals surface area contributed by atoms with E-state index in [1.54, 1.807) is 9.58 Å². The third kappa shape index (κ3) is 3.59. The van der Waals surface area contributed by atoms with Crippen LogP contribution in [0.3, 0.4) is 0 Å². The quantitative estimate of drug-likeness (QED) is 0.868. The summed E-state index contributed by atoms with van der Waals surface area (Å²) in [5.74, 6) is 0.896. The monoisotopic (exact) mass is 293 g/mol. The van der Waals surface area contributed by atoms with Gasteiger partial charge in [-0.1, -0.05) is 13.8 Å². The van der Waals surface area contributed by atoms with Gasteiger partial charge in [-0.2, -0.15) is 5.10 Å². The van der Waals surface area contributed by atoms with E-state index in [4.69, 9.17) is 0 Å². The molecule has 1 aromatic heterocycles. The number of hydrogen-bond acceptors (Lipinski definition) is 4. The van der Waals surface area contributed by atoms with Crippen molar-refractivity contribution in [1.29, 1.82) is 0 Å². The van der Waals surface area contributed by atoms with Crippen LogP contribution in [0.4, 0.5) is 0 Å². The number of amides is 2. The Morgan fingerprint density at radius 1 is 1.33 bits per heavy atom. The summed E-state index contributed by atoms with van der Waals surface area (Å²) in [4.78, 5) is 30.0. The lowest BCUT2D eigenvalue weighted by molar-refractivity contribution is -0.145. The summed E-state index contributed by atoms with van der Waals surface area (Å²) >= 11 is 0. The van der Waals surface area contributed by atoms with Crippen LogP contribution in [0.25, 0.3) is 0 Å². The summed E-state index contributed by atoms with van der Waals surface area (Å²) in [7, 11) is 0. The molecule has 2 amide bonds. The van der Waals surface area contributed by atoms with Crippen LogP contribution in [0.1, 0.15) is 46.0 Å². The minimum Gasteiger partial charge on any atom is -0.343 e. The van der Waals surface area contributed by atoms with E-state index in [1.807, 2.05) is 27.7 Å². The molecule has 1 aromatic rings. The maximum absolute atomic E-state index is 12.5. The molecule has 1 aliphatic heterocycles. The van der Waals surface area contributed by atoms with Gasteiger partial charge in [0.1, 0.15) is 24.7 Å².